The van der Waals surface area contributed by atoms with Gasteiger partial charge < -0.3 is 10.2 Å². The molecule has 0 bridgehead atoms. The van der Waals surface area contributed by atoms with Gasteiger partial charge in [0.2, 0.25) is 5.91 Å². The summed E-state index contributed by atoms with van der Waals surface area (Å²) in [6, 6.07) is 5.23. The largest absolute Gasteiger partial charge is 0.376 e. The second-order valence-electron chi connectivity index (χ2n) is 5.79. The van der Waals surface area contributed by atoms with E-state index in [0.29, 0.717) is 21.7 Å². The van der Waals surface area contributed by atoms with Crippen LogP contribution in [0.1, 0.15) is 0 Å². The zero-order chi connectivity index (χ0) is 18.1. The molecule has 1 N–H and O–H groups in total. The van der Waals surface area contributed by atoms with Gasteiger partial charge in [0.05, 0.1) is 16.9 Å². The van der Waals surface area contributed by atoms with Crippen LogP contribution < -0.4 is 15.8 Å². The van der Waals surface area contributed by atoms with Crippen molar-refractivity contribution in [1.29, 1.82) is 0 Å². The van der Waals surface area contributed by atoms with Crippen LogP contribution in [0.25, 0.3) is 11.0 Å². The second kappa shape index (κ2) is 6.56. The molecule has 8 nitrogen and oxygen atoms in total. The van der Waals surface area contributed by atoms with E-state index < -0.39 is 0 Å². The number of aryl methyl sites for hydroxylation is 1. The smallest absolute Gasteiger partial charge is 0.264 e. The molecular formula is C16H17ClN6O2. The molecule has 0 aliphatic carbocycles. The molecule has 0 aliphatic rings. The lowest BCUT2D eigenvalue weighted by molar-refractivity contribution is -0.116. The maximum atomic E-state index is 12.4. The van der Waals surface area contributed by atoms with Crippen molar-refractivity contribution in [3.8, 4) is 0 Å². The van der Waals surface area contributed by atoms with E-state index in [0.717, 1.165) is 5.69 Å². The Morgan fingerprint density at radius 3 is 2.80 bits per heavy atom. The van der Waals surface area contributed by atoms with Gasteiger partial charge in [-0.1, -0.05) is 11.6 Å². The average molecular weight is 361 g/mol. The Kier molecular flexibility index (Phi) is 4.45. The Morgan fingerprint density at radius 1 is 1.36 bits per heavy atom. The molecule has 25 heavy (non-hydrogen) atoms. The van der Waals surface area contributed by atoms with Gasteiger partial charge in [0.15, 0.2) is 5.65 Å². The summed E-state index contributed by atoms with van der Waals surface area (Å²) in [6.07, 6.45) is 2.78. The molecule has 0 radical (unpaired) electrons. The third-order valence-corrected chi connectivity index (χ3v) is 4.05. The summed E-state index contributed by atoms with van der Waals surface area (Å²) in [7, 11) is 5.47. The highest BCUT2D eigenvalue weighted by Crippen LogP contribution is 2.27. The number of amides is 1. The second-order valence-corrected chi connectivity index (χ2v) is 6.20. The zero-order valence-electron chi connectivity index (χ0n) is 14.0. The van der Waals surface area contributed by atoms with E-state index in [4.69, 9.17) is 11.6 Å². The van der Waals surface area contributed by atoms with Crippen molar-refractivity contribution in [2.24, 2.45) is 7.05 Å². The molecule has 2 aromatic heterocycles. The van der Waals surface area contributed by atoms with Crippen LogP contribution in [0.3, 0.4) is 0 Å². The predicted octanol–water partition coefficient (Wildman–Crippen LogP) is 1.49. The molecule has 0 atom stereocenters. The van der Waals surface area contributed by atoms with Crippen LogP contribution in [0, 0.1) is 0 Å². The van der Waals surface area contributed by atoms with Crippen LogP contribution in [0.15, 0.2) is 35.5 Å². The number of hydrogen-bond donors (Lipinski definition) is 1. The minimum Gasteiger partial charge on any atom is -0.376 e. The zero-order valence-corrected chi connectivity index (χ0v) is 14.8. The minimum absolute atomic E-state index is 0.149. The van der Waals surface area contributed by atoms with Crippen molar-refractivity contribution < 1.29 is 4.79 Å². The average Bonchev–Trinajstić information content (AvgIpc) is 2.92. The maximum Gasteiger partial charge on any atom is 0.264 e. The number of anilines is 2. The molecule has 0 fully saturated rings. The molecule has 9 heteroatoms. The molecule has 1 amide bonds. The number of carbonyl (C=O) groups excluding carboxylic acids is 1. The SMILES string of the molecule is CN(C)c1ccc(NC(=O)Cn2cnc3c(cnn3C)c2=O)cc1Cl. The van der Waals surface area contributed by atoms with Crippen LogP contribution in [0.4, 0.5) is 11.4 Å². The highest BCUT2D eigenvalue weighted by atomic mass is 35.5. The first-order valence-electron chi connectivity index (χ1n) is 7.50. The molecule has 2 heterocycles. The van der Waals surface area contributed by atoms with Crippen LogP contribution in [-0.2, 0) is 18.4 Å². The van der Waals surface area contributed by atoms with Crippen molar-refractivity contribution in [2.75, 3.05) is 24.3 Å². The summed E-state index contributed by atoms with van der Waals surface area (Å²) in [4.78, 5) is 30.6. The summed E-state index contributed by atoms with van der Waals surface area (Å²) >= 11 is 6.19. The molecule has 130 valence electrons. The number of nitrogens with one attached hydrogen (secondary N) is 1. The van der Waals surface area contributed by atoms with Gasteiger partial charge in [-0.05, 0) is 18.2 Å². The third kappa shape index (κ3) is 3.34. The number of benzene rings is 1. The Bertz CT molecular complexity index is 1010. The van der Waals surface area contributed by atoms with Crippen LogP contribution in [0.5, 0.6) is 0 Å². The summed E-state index contributed by atoms with van der Waals surface area (Å²) in [5.74, 6) is -0.346. The van der Waals surface area contributed by atoms with Crippen molar-refractivity contribution in [3.63, 3.8) is 0 Å². The molecule has 0 aliphatic heterocycles. The lowest BCUT2D eigenvalue weighted by atomic mass is 10.2. The van der Waals surface area contributed by atoms with Gasteiger partial charge in [0.25, 0.3) is 5.56 Å². The molecule has 0 spiro atoms. The lowest BCUT2D eigenvalue weighted by Gasteiger charge is -2.15. The molecule has 0 saturated carbocycles. The fourth-order valence-corrected chi connectivity index (χ4v) is 2.83. The van der Waals surface area contributed by atoms with Crippen molar-refractivity contribution in [1.82, 2.24) is 19.3 Å². The first kappa shape index (κ1) is 17.0. The molecular weight excluding hydrogens is 344 g/mol. The lowest BCUT2D eigenvalue weighted by Crippen LogP contribution is -2.27. The summed E-state index contributed by atoms with van der Waals surface area (Å²) in [5, 5.41) is 7.62. The van der Waals surface area contributed by atoms with Crippen molar-refractivity contribution in [2.45, 2.75) is 6.54 Å². The van der Waals surface area contributed by atoms with E-state index in [1.165, 1.54) is 21.8 Å². The summed E-state index contributed by atoms with van der Waals surface area (Å²) in [5.41, 5.74) is 1.58. The topological polar surface area (TPSA) is 85.1 Å². The van der Waals surface area contributed by atoms with Gasteiger partial charge >= 0.3 is 0 Å². The van der Waals surface area contributed by atoms with E-state index >= 15 is 0 Å². The maximum absolute atomic E-state index is 12.4. The number of halogens is 1. The van der Waals surface area contributed by atoms with Gasteiger partial charge in [-0.2, -0.15) is 5.10 Å². The fourth-order valence-electron chi connectivity index (χ4n) is 2.48. The van der Waals surface area contributed by atoms with Crippen molar-refractivity contribution >= 4 is 39.9 Å². The number of aromatic nitrogens is 4. The fraction of sp³-hybridized carbons (Fsp3) is 0.250. The van der Waals surface area contributed by atoms with Gasteiger partial charge in [-0.15, -0.1) is 0 Å². The van der Waals surface area contributed by atoms with Gasteiger partial charge in [-0.3, -0.25) is 18.8 Å². The summed E-state index contributed by atoms with van der Waals surface area (Å²) < 4.78 is 2.75. The number of rotatable bonds is 4. The standard InChI is InChI=1S/C16H17ClN6O2/c1-21(2)13-5-4-10(6-12(13)17)20-14(24)8-23-9-18-15-11(16(23)25)7-19-22(15)3/h4-7,9H,8H2,1-3H3,(H,20,24). The van der Waals surface area contributed by atoms with E-state index in [2.05, 4.69) is 15.4 Å². The number of nitrogens with zero attached hydrogens (tertiary/aromatic N) is 5. The highest BCUT2D eigenvalue weighted by molar-refractivity contribution is 6.33. The molecule has 0 unspecified atom stereocenters. The molecule has 1 aromatic carbocycles. The number of hydrogen-bond acceptors (Lipinski definition) is 5. The number of fused-ring (bicyclic) bond motifs is 1. The summed E-state index contributed by atoms with van der Waals surface area (Å²) in [6.45, 7) is -0.149. The molecule has 0 saturated heterocycles. The van der Waals surface area contributed by atoms with E-state index in [1.807, 2.05) is 25.1 Å². The van der Waals surface area contributed by atoms with E-state index in [-0.39, 0.29) is 18.0 Å². The quantitative estimate of drug-likeness (QED) is 0.762. The molecule has 3 aromatic rings. The first-order valence-corrected chi connectivity index (χ1v) is 7.88. The van der Waals surface area contributed by atoms with Crippen LogP contribution >= 0.6 is 11.6 Å². The Hall–Kier alpha value is -2.87. The number of carbonyl (C=O) groups is 1. The normalized spacial score (nSPS) is 10.9. The van der Waals surface area contributed by atoms with E-state index in [9.17, 15) is 9.59 Å². The van der Waals surface area contributed by atoms with Gasteiger partial charge in [-0.25, -0.2) is 4.98 Å². The predicted molar refractivity (Wildman–Crippen MR) is 97.2 cm³/mol. The Labute approximate surface area is 148 Å². The minimum atomic E-state index is -0.346. The van der Waals surface area contributed by atoms with Crippen LogP contribution in [-0.4, -0.2) is 39.3 Å². The Morgan fingerprint density at radius 2 is 2.12 bits per heavy atom. The third-order valence-electron chi connectivity index (χ3n) is 3.75. The Balaban J connectivity index is 1.78. The molecule has 3 rings (SSSR count). The van der Waals surface area contributed by atoms with E-state index in [1.54, 1.807) is 19.2 Å². The van der Waals surface area contributed by atoms with Gasteiger partial charge in [0.1, 0.15) is 18.3 Å². The monoisotopic (exact) mass is 360 g/mol. The highest BCUT2D eigenvalue weighted by Gasteiger charge is 2.12. The van der Waals surface area contributed by atoms with Gasteiger partial charge in [0, 0.05) is 26.8 Å². The van der Waals surface area contributed by atoms with Crippen molar-refractivity contribution in [3.05, 3.63) is 46.1 Å². The van der Waals surface area contributed by atoms with Crippen LogP contribution in [0.2, 0.25) is 5.02 Å². The first-order chi connectivity index (χ1) is 11.9.